The van der Waals surface area contributed by atoms with Crippen LogP contribution >= 0.6 is 15.9 Å². The van der Waals surface area contributed by atoms with E-state index in [0.717, 1.165) is 10.2 Å². The maximum Gasteiger partial charge on any atom is 0.130 e. The van der Waals surface area contributed by atoms with Crippen LogP contribution in [0.1, 0.15) is 17.3 Å². The quantitative estimate of drug-likeness (QED) is 0.928. The Hall–Kier alpha value is -1.33. The lowest BCUT2D eigenvalue weighted by Crippen LogP contribution is -2.22. The lowest BCUT2D eigenvalue weighted by molar-refractivity contribution is 0.487. The largest absolute Gasteiger partial charge is 0.312 e. The van der Waals surface area contributed by atoms with E-state index in [-0.39, 0.29) is 5.56 Å². The van der Waals surface area contributed by atoms with E-state index in [1.807, 2.05) is 12.1 Å². The third-order valence-electron chi connectivity index (χ3n) is 2.90. The maximum absolute atomic E-state index is 13.7. The van der Waals surface area contributed by atoms with Crippen molar-refractivity contribution in [3.05, 3.63) is 63.9 Å². The number of benzene rings is 1. The topological polar surface area (TPSA) is 24.9 Å². The summed E-state index contributed by atoms with van der Waals surface area (Å²) in [4.78, 5) is 4.22. The van der Waals surface area contributed by atoms with Crippen molar-refractivity contribution in [2.24, 2.45) is 0 Å². The summed E-state index contributed by atoms with van der Waals surface area (Å²) in [5.41, 5.74) is 0.819. The van der Waals surface area contributed by atoms with Crippen molar-refractivity contribution in [2.45, 2.75) is 12.5 Å². The summed E-state index contributed by atoms with van der Waals surface area (Å²) in [6.45, 7) is 0. The Morgan fingerprint density at radius 3 is 2.42 bits per heavy atom. The van der Waals surface area contributed by atoms with Gasteiger partial charge >= 0.3 is 0 Å². The van der Waals surface area contributed by atoms with E-state index in [2.05, 4.69) is 26.2 Å². The first-order valence-corrected chi connectivity index (χ1v) is 6.62. The molecule has 0 fully saturated rings. The molecule has 1 aromatic heterocycles. The van der Waals surface area contributed by atoms with Crippen molar-refractivity contribution in [1.82, 2.24) is 10.3 Å². The molecule has 0 aliphatic heterocycles. The second-order valence-corrected chi connectivity index (χ2v) is 5.06. The standard InChI is InChI=1S/C14H13BrF2N2/c1-18-13(7-10-6-5-9(15)8-19-10)14-11(16)3-2-4-12(14)17/h2-6,8,13,18H,7H2,1H3. The van der Waals surface area contributed by atoms with Crippen LogP contribution in [0.5, 0.6) is 0 Å². The summed E-state index contributed by atoms with van der Waals surface area (Å²) >= 11 is 3.30. The van der Waals surface area contributed by atoms with Gasteiger partial charge in [-0.25, -0.2) is 8.78 Å². The summed E-state index contributed by atoms with van der Waals surface area (Å²) in [7, 11) is 1.68. The van der Waals surface area contributed by atoms with E-state index in [1.165, 1.54) is 18.2 Å². The fourth-order valence-corrected chi connectivity index (χ4v) is 2.16. The van der Waals surface area contributed by atoms with Gasteiger partial charge in [0.25, 0.3) is 0 Å². The Bertz CT molecular complexity index is 538. The number of nitrogens with one attached hydrogen (secondary N) is 1. The minimum absolute atomic E-state index is 0.0507. The number of nitrogens with zero attached hydrogens (tertiary/aromatic N) is 1. The molecule has 2 nitrogen and oxygen atoms in total. The third kappa shape index (κ3) is 3.36. The van der Waals surface area contributed by atoms with Crippen LogP contribution in [-0.2, 0) is 6.42 Å². The van der Waals surface area contributed by atoms with Gasteiger partial charge in [-0.1, -0.05) is 6.07 Å². The molecular weight excluding hydrogens is 314 g/mol. The average molecular weight is 327 g/mol. The highest BCUT2D eigenvalue weighted by molar-refractivity contribution is 9.10. The summed E-state index contributed by atoms with van der Waals surface area (Å²) in [5.74, 6) is -1.09. The molecule has 0 bridgehead atoms. The molecule has 1 heterocycles. The molecule has 1 atom stereocenters. The highest BCUT2D eigenvalue weighted by Gasteiger charge is 2.19. The number of likely N-dealkylation sites (N-methyl/N-ethyl adjacent to an activating group) is 1. The van der Waals surface area contributed by atoms with Gasteiger partial charge in [0.2, 0.25) is 0 Å². The van der Waals surface area contributed by atoms with Crippen LogP contribution in [0, 0.1) is 11.6 Å². The highest BCUT2D eigenvalue weighted by Crippen LogP contribution is 2.23. The predicted octanol–water partition coefficient (Wildman–Crippen LogP) is 3.63. The minimum Gasteiger partial charge on any atom is -0.312 e. The van der Waals surface area contributed by atoms with Gasteiger partial charge in [0, 0.05) is 34.4 Å². The van der Waals surface area contributed by atoms with Crippen LogP contribution < -0.4 is 5.32 Å². The Labute approximate surface area is 119 Å². The molecule has 1 unspecified atom stereocenters. The van der Waals surface area contributed by atoms with Gasteiger partial charge in [-0.2, -0.15) is 0 Å². The van der Waals surface area contributed by atoms with Crippen LogP contribution in [-0.4, -0.2) is 12.0 Å². The Kier molecular flexibility index (Phi) is 4.61. The average Bonchev–Trinajstić information content (AvgIpc) is 2.39. The molecule has 5 heteroatoms. The van der Waals surface area contributed by atoms with Crippen molar-refractivity contribution in [1.29, 1.82) is 0 Å². The van der Waals surface area contributed by atoms with E-state index in [1.54, 1.807) is 13.2 Å². The zero-order chi connectivity index (χ0) is 13.8. The normalized spacial score (nSPS) is 12.4. The van der Waals surface area contributed by atoms with Crippen molar-refractivity contribution >= 4 is 15.9 Å². The molecule has 19 heavy (non-hydrogen) atoms. The van der Waals surface area contributed by atoms with Crippen molar-refractivity contribution in [3.63, 3.8) is 0 Å². The van der Waals surface area contributed by atoms with E-state index in [9.17, 15) is 8.78 Å². The minimum atomic E-state index is -0.545. The molecule has 2 aromatic rings. The second-order valence-electron chi connectivity index (χ2n) is 4.15. The number of aromatic nitrogens is 1. The van der Waals surface area contributed by atoms with Crippen LogP contribution in [0.3, 0.4) is 0 Å². The summed E-state index contributed by atoms with van der Waals surface area (Å²) < 4.78 is 28.4. The molecule has 1 N–H and O–H groups in total. The molecule has 0 aliphatic rings. The van der Waals surface area contributed by atoms with Crippen LogP contribution in [0.2, 0.25) is 0 Å². The van der Waals surface area contributed by atoms with E-state index in [4.69, 9.17) is 0 Å². The molecule has 0 spiro atoms. The van der Waals surface area contributed by atoms with Gasteiger partial charge in [0.15, 0.2) is 0 Å². The van der Waals surface area contributed by atoms with Crippen molar-refractivity contribution in [3.8, 4) is 0 Å². The number of rotatable bonds is 4. The second kappa shape index (κ2) is 6.21. The molecule has 1 aromatic carbocycles. The third-order valence-corrected chi connectivity index (χ3v) is 3.37. The highest BCUT2D eigenvalue weighted by atomic mass is 79.9. The first kappa shape index (κ1) is 14.1. The smallest absolute Gasteiger partial charge is 0.130 e. The zero-order valence-electron chi connectivity index (χ0n) is 10.3. The number of halogens is 3. The molecule has 0 amide bonds. The number of pyridine rings is 1. The van der Waals surface area contributed by atoms with E-state index in [0.29, 0.717) is 6.42 Å². The van der Waals surface area contributed by atoms with Crippen molar-refractivity contribution in [2.75, 3.05) is 7.05 Å². The van der Waals surface area contributed by atoms with Gasteiger partial charge in [-0.05, 0) is 47.2 Å². The molecule has 0 saturated carbocycles. The molecule has 0 aliphatic carbocycles. The molecule has 100 valence electrons. The summed E-state index contributed by atoms with van der Waals surface area (Å²) in [6, 6.07) is 7.11. The molecule has 2 rings (SSSR count). The van der Waals surface area contributed by atoms with Gasteiger partial charge < -0.3 is 5.32 Å². The first-order valence-electron chi connectivity index (χ1n) is 5.83. The fraction of sp³-hybridized carbons (Fsp3) is 0.214. The molecule has 0 saturated heterocycles. The van der Waals surface area contributed by atoms with Crippen LogP contribution in [0.15, 0.2) is 41.0 Å². The van der Waals surface area contributed by atoms with Crippen LogP contribution in [0.25, 0.3) is 0 Å². The lowest BCUT2D eigenvalue weighted by Gasteiger charge is -2.17. The Morgan fingerprint density at radius 2 is 1.89 bits per heavy atom. The predicted molar refractivity (Wildman–Crippen MR) is 73.8 cm³/mol. The monoisotopic (exact) mass is 326 g/mol. The molecular formula is C14H13BrF2N2. The zero-order valence-corrected chi connectivity index (χ0v) is 11.9. The first-order chi connectivity index (χ1) is 9.11. The van der Waals surface area contributed by atoms with Gasteiger partial charge in [0.05, 0.1) is 0 Å². The SMILES string of the molecule is CNC(Cc1ccc(Br)cn1)c1c(F)cccc1F. The fourth-order valence-electron chi connectivity index (χ4n) is 1.93. The van der Waals surface area contributed by atoms with Crippen LogP contribution in [0.4, 0.5) is 8.78 Å². The Balaban J connectivity index is 2.27. The van der Waals surface area contributed by atoms with Gasteiger partial charge in [-0.3, -0.25) is 4.98 Å². The van der Waals surface area contributed by atoms with E-state index < -0.39 is 17.7 Å². The number of hydrogen-bond donors (Lipinski definition) is 1. The molecule has 0 radical (unpaired) electrons. The van der Waals surface area contributed by atoms with Gasteiger partial charge in [-0.15, -0.1) is 0 Å². The summed E-state index contributed by atoms with van der Waals surface area (Å²) in [6.07, 6.45) is 2.08. The van der Waals surface area contributed by atoms with Gasteiger partial charge in [0.1, 0.15) is 11.6 Å². The lowest BCUT2D eigenvalue weighted by atomic mass is 10.0. The Morgan fingerprint density at radius 1 is 1.21 bits per heavy atom. The number of hydrogen-bond acceptors (Lipinski definition) is 2. The van der Waals surface area contributed by atoms with E-state index >= 15 is 0 Å². The maximum atomic E-state index is 13.7. The summed E-state index contributed by atoms with van der Waals surface area (Å²) in [5, 5.41) is 2.93. The van der Waals surface area contributed by atoms with Crippen molar-refractivity contribution < 1.29 is 8.78 Å².